The van der Waals surface area contributed by atoms with Crippen LogP contribution in [0, 0.1) is 17.8 Å². The second-order valence-corrected chi connectivity index (χ2v) is 5.08. The number of carbonyl (C=O) groups is 2. The smallest absolute Gasteiger partial charge is 0.309 e. The Kier molecular flexibility index (Phi) is 3.65. The first-order valence-corrected chi connectivity index (χ1v) is 6.51. The number of fused-ring (bicyclic) bond motifs is 1. The van der Waals surface area contributed by atoms with Gasteiger partial charge in [0.1, 0.15) is 0 Å². The van der Waals surface area contributed by atoms with Crippen LogP contribution in [0.15, 0.2) is 11.6 Å². The van der Waals surface area contributed by atoms with Gasteiger partial charge in [-0.25, -0.2) is 0 Å². The van der Waals surface area contributed by atoms with Crippen LogP contribution in [0.5, 0.6) is 0 Å². The lowest BCUT2D eigenvalue weighted by atomic mass is 9.74. The maximum Gasteiger partial charge on any atom is 0.309 e. The third-order valence-corrected chi connectivity index (χ3v) is 4.02. The molecule has 2 rings (SSSR count). The molecule has 0 saturated heterocycles. The summed E-state index contributed by atoms with van der Waals surface area (Å²) in [6.07, 6.45) is 6.00. The predicted octanol–water partition coefficient (Wildman–Crippen LogP) is 2.50. The van der Waals surface area contributed by atoms with Crippen molar-refractivity contribution in [3.8, 4) is 0 Å². The second-order valence-electron chi connectivity index (χ2n) is 5.08. The standard InChI is InChI=1S/C14H20O3/c1-3-17-14(16)12-6-4-5-10-7-11(9(2)15)8-13(10)12/h8,10,12-13H,3-7H2,1-2H3/t10-,12+,13+/m0/s1. The maximum atomic E-state index is 11.9. The molecule has 3 nitrogen and oxygen atoms in total. The van der Waals surface area contributed by atoms with Crippen molar-refractivity contribution in [2.75, 3.05) is 6.61 Å². The Morgan fingerprint density at radius 1 is 1.41 bits per heavy atom. The Hall–Kier alpha value is -1.12. The average Bonchev–Trinajstić information content (AvgIpc) is 2.72. The van der Waals surface area contributed by atoms with Crippen molar-refractivity contribution in [2.45, 2.75) is 39.5 Å². The molecule has 3 heteroatoms. The van der Waals surface area contributed by atoms with Gasteiger partial charge < -0.3 is 4.74 Å². The van der Waals surface area contributed by atoms with Gasteiger partial charge in [0.2, 0.25) is 0 Å². The molecule has 94 valence electrons. The molecule has 1 fully saturated rings. The van der Waals surface area contributed by atoms with Crippen LogP contribution in [0.1, 0.15) is 39.5 Å². The normalized spacial score (nSPS) is 31.6. The van der Waals surface area contributed by atoms with Crippen LogP contribution in [0.2, 0.25) is 0 Å². The summed E-state index contributed by atoms with van der Waals surface area (Å²) in [4.78, 5) is 23.3. The summed E-state index contributed by atoms with van der Waals surface area (Å²) in [6, 6.07) is 0. The first kappa shape index (κ1) is 12.3. The van der Waals surface area contributed by atoms with Gasteiger partial charge in [0, 0.05) is 0 Å². The predicted molar refractivity (Wildman–Crippen MR) is 64.3 cm³/mol. The van der Waals surface area contributed by atoms with Crippen LogP contribution in [-0.4, -0.2) is 18.4 Å². The SMILES string of the molecule is CCOC(=O)[C@@H]1CCC[C@H]2CC(C(C)=O)=C[C@H]21. The molecule has 0 amide bonds. The molecule has 3 atom stereocenters. The number of esters is 1. The number of ketones is 1. The molecule has 0 spiro atoms. The van der Waals surface area contributed by atoms with Crippen molar-refractivity contribution in [3.05, 3.63) is 11.6 Å². The third kappa shape index (κ3) is 2.43. The van der Waals surface area contributed by atoms with Crippen molar-refractivity contribution < 1.29 is 14.3 Å². The van der Waals surface area contributed by atoms with Gasteiger partial charge in [-0.05, 0) is 50.5 Å². The lowest BCUT2D eigenvalue weighted by Gasteiger charge is -2.31. The highest BCUT2D eigenvalue weighted by Gasteiger charge is 2.41. The van der Waals surface area contributed by atoms with Gasteiger partial charge in [-0.15, -0.1) is 0 Å². The highest BCUT2D eigenvalue weighted by Crippen LogP contribution is 2.44. The number of allylic oxidation sites excluding steroid dienone is 2. The van der Waals surface area contributed by atoms with E-state index >= 15 is 0 Å². The van der Waals surface area contributed by atoms with E-state index in [-0.39, 0.29) is 23.6 Å². The van der Waals surface area contributed by atoms with Gasteiger partial charge in [0.25, 0.3) is 0 Å². The molecule has 0 aliphatic heterocycles. The molecule has 0 heterocycles. The van der Waals surface area contributed by atoms with Gasteiger partial charge in [0.15, 0.2) is 5.78 Å². The monoisotopic (exact) mass is 236 g/mol. The van der Waals surface area contributed by atoms with Crippen LogP contribution in [-0.2, 0) is 14.3 Å². The minimum absolute atomic E-state index is 0.0226. The second kappa shape index (κ2) is 5.03. The number of rotatable bonds is 3. The zero-order valence-corrected chi connectivity index (χ0v) is 10.6. The molecular weight excluding hydrogens is 216 g/mol. The van der Waals surface area contributed by atoms with E-state index < -0.39 is 0 Å². The fourth-order valence-corrected chi connectivity index (χ4v) is 3.17. The van der Waals surface area contributed by atoms with Crippen LogP contribution < -0.4 is 0 Å². The number of Topliss-reactive ketones (excluding diaryl/α,β-unsaturated/α-hetero) is 1. The van der Waals surface area contributed by atoms with Crippen LogP contribution >= 0.6 is 0 Å². The molecule has 0 aromatic carbocycles. The summed E-state index contributed by atoms with van der Waals surface area (Å²) in [5.41, 5.74) is 0.913. The first-order valence-electron chi connectivity index (χ1n) is 6.51. The first-order chi connectivity index (χ1) is 8.13. The van der Waals surface area contributed by atoms with Gasteiger partial charge in [0.05, 0.1) is 12.5 Å². The van der Waals surface area contributed by atoms with E-state index in [2.05, 4.69) is 0 Å². The lowest BCUT2D eigenvalue weighted by molar-refractivity contribution is -0.151. The van der Waals surface area contributed by atoms with Gasteiger partial charge in [-0.3, -0.25) is 9.59 Å². The highest BCUT2D eigenvalue weighted by molar-refractivity contribution is 5.94. The van der Waals surface area contributed by atoms with Gasteiger partial charge in [-0.1, -0.05) is 12.5 Å². The Morgan fingerprint density at radius 3 is 2.82 bits per heavy atom. The molecule has 0 bridgehead atoms. The van der Waals surface area contributed by atoms with Crippen molar-refractivity contribution in [1.82, 2.24) is 0 Å². The third-order valence-electron chi connectivity index (χ3n) is 4.02. The summed E-state index contributed by atoms with van der Waals surface area (Å²) in [6.45, 7) is 3.89. The Bertz CT molecular complexity index is 356. The van der Waals surface area contributed by atoms with E-state index in [1.807, 2.05) is 13.0 Å². The number of hydrogen-bond donors (Lipinski definition) is 0. The zero-order valence-electron chi connectivity index (χ0n) is 10.6. The molecule has 0 N–H and O–H groups in total. The molecular formula is C14H20O3. The summed E-state index contributed by atoms with van der Waals surface area (Å²) in [7, 11) is 0. The molecule has 0 aromatic rings. The van der Waals surface area contributed by atoms with E-state index in [0.29, 0.717) is 12.5 Å². The van der Waals surface area contributed by atoms with Crippen LogP contribution in [0.25, 0.3) is 0 Å². The van der Waals surface area contributed by atoms with E-state index in [4.69, 9.17) is 4.74 Å². The molecule has 1 saturated carbocycles. The van der Waals surface area contributed by atoms with Crippen LogP contribution in [0.4, 0.5) is 0 Å². The minimum atomic E-state index is -0.0803. The van der Waals surface area contributed by atoms with Crippen LogP contribution in [0.3, 0.4) is 0 Å². The summed E-state index contributed by atoms with van der Waals surface area (Å²) in [5.74, 6) is 0.773. The molecule has 0 radical (unpaired) electrons. The highest BCUT2D eigenvalue weighted by atomic mass is 16.5. The fourth-order valence-electron chi connectivity index (χ4n) is 3.17. The van der Waals surface area contributed by atoms with Crippen molar-refractivity contribution in [1.29, 1.82) is 0 Å². The van der Waals surface area contributed by atoms with E-state index in [1.54, 1.807) is 6.92 Å². The van der Waals surface area contributed by atoms with Gasteiger partial charge >= 0.3 is 5.97 Å². The summed E-state index contributed by atoms with van der Waals surface area (Å²) >= 11 is 0. The fraction of sp³-hybridized carbons (Fsp3) is 0.714. The Labute approximate surface area is 102 Å². The molecule has 2 aliphatic rings. The summed E-state index contributed by atoms with van der Waals surface area (Å²) in [5, 5.41) is 0. The zero-order chi connectivity index (χ0) is 12.4. The van der Waals surface area contributed by atoms with Crippen molar-refractivity contribution in [2.24, 2.45) is 17.8 Å². The van der Waals surface area contributed by atoms with Crippen molar-refractivity contribution in [3.63, 3.8) is 0 Å². The number of ether oxygens (including phenoxy) is 1. The molecule has 2 aliphatic carbocycles. The average molecular weight is 236 g/mol. The number of carbonyl (C=O) groups excluding carboxylic acids is 2. The quantitative estimate of drug-likeness (QED) is 0.707. The molecule has 0 unspecified atom stereocenters. The van der Waals surface area contributed by atoms with E-state index in [9.17, 15) is 9.59 Å². The van der Waals surface area contributed by atoms with E-state index in [1.165, 1.54) is 0 Å². The molecule has 0 aromatic heterocycles. The van der Waals surface area contributed by atoms with Gasteiger partial charge in [-0.2, -0.15) is 0 Å². The largest absolute Gasteiger partial charge is 0.466 e. The van der Waals surface area contributed by atoms with E-state index in [0.717, 1.165) is 31.3 Å². The van der Waals surface area contributed by atoms with Crippen molar-refractivity contribution >= 4 is 11.8 Å². The Balaban J connectivity index is 2.13. The lowest BCUT2D eigenvalue weighted by Crippen LogP contribution is -2.31. The topological polar surface area (TPSA) is 43.4 Å². The number of hydrogen-bond acceptors (Lipinski definition) is 3. The maximum absolute atomic E-state index is 11.9. The molecule has 17 heavy (non-hydrogen) atoms. The minimum Gasteiger partial charge on any atom is -0.466 e. The Morgan fingerprint density at radius 2 is 2.18 bits per heavy atom. The summed E-state index contributed by atoms with van der Waals surface area (Å²) < 4.78 is 5.13.